The van der Waals surface area contributed by atoms with Gasteiger partial charge in [0.2, 0.25) is 10.0 Å². The number of sulfonamides is 1. The average Bonchev–Trinajstić information content (AvgIpc) is 2.32. The Morgan fingerprint density at radius 2 is 1.79 bits per heavy atom. The Kier molecular flexibility index (Phi) is 4.94. The molecule has 6 heteroatoms. The lowest BCUT2D eigenvalue weighted by Gasteiger charge is -2.26. The molecule has 1 aromatic rings. The second-order valence-electron chi connectivity index (χ2n) is 4.36. The molecule has 0 aliphatic rings. The number of hydrogen-bond donors (Lipinski definition) is 1. The van der Waals surface area contributed by atoms with Crippen molar-refractivity contribution in [1.82, 2.24) is 0 Å². The summed E-state index contributed by atoms with van der Waals surface area (Å²) in [5.41, 5.74) is 2.23. The van der Waals surface area contributed by atoms with E-state index in [1.807, 2.05) is 32.0 Å². The molecule has 0 bridgehead atoms. The fourth-order valence-electron chi connectivity index (χ4n) is 1.94. The lowest BCUT2D eigenvalue weighted by Crippen LogP contribution is -2.35. The minimum Gasteiger partial charge on any atom is -0.481 e. The Balaban J connectivity index is 3.27. The minimum absolute atomic E-state index is 0.0444. The topological polar surface area (TPSA) is 74.7 Å². The third kappa shape index (κ3) is 3.70. The average molecular weight is 285 g/mol. The molecular formula is C13H19NO4S. The first-order valence-corrected chi connectivity index (χ1v) is 7.69. The zero-order chi connectivity index (χ0) is 14.6. The van der Waals surface area contributed by atoms with Crippen LogP contribution in [0, 0.1) is 13.8 Å². The Hall–Kier alpha value is -1.56. The van der Waals surface area contributed by atoms with Crippen LogP contribution in [0.25, 0.3) is 0 Å². The van der Waals surface area contributed by atoms with E-state index < -0.39 is 16.0 Å². The first kappa shape index (κ1) is 15.5. The summed E-state index contributed by atoms with van der Waals surface area (Å²) in [6.07, 6.45) is -0.215. The van der Waals surface area contributed by atoms with Crippen LogP contribution in [0.2, 0.25) is 0 Å². The van der Waals surface area contributed by atoms with E-state index >= 15 is 0 Å². The number of hydrogen-bond acceptors (Lipinski definition) is 3. The van der Waals surface area contributed by atoms with E-state index in [1.54, 1.807) is 6.92 Å². The highest BCUT2D eigenvalue weighted by Crippen LogP contribution is 2.27. The number of aryl methyl sites for hydroxylation is 2. The third-order valence-corrected chi connectivity index (χ3v) is 4.68. The summed E-state index contributed by atoms with van der Waals surface area (Å²) in [7, 11) is -3.48. The maximum atomic E-state index is 12.1. The van der Waals surface area contributed by atoms with Crippen molar-refractivity contribution in [3.8, 4) is 0 Å². The monoisotopic (exact) mass is 285 g/mol. The molecule has 19 heavy (non-hydrogen) atoms. The van der Waals surface area contributed by atoms with Gasteiger partial charge in [-0.05, 0) is 31.9 Å². The van der Waals surface area contributed by atoms with Gasteiger partial charge in [0.15, 0.2) is 0 Å². The van der Waals surface area contributed by atoms with Crippen LogP contribution in [0.3, 0.4) is 0 Å². The highest BCUT2D eigenvalue weighted by molar-refractivity contribution is 7.92. The van der Waals surface area contributed by atoms with E-state index in [4.69, 9.17) is 5.11 Å². The zero-order valence-electron chi connectivity index (χ0n) is 11.4. The Morgan fingerprint density at radius 1 is 1.26 bits per heavy atom. The van der Waals surface area contributed by atoms with E-state index in [2.05, 4.69) is 0 Å². The molecule has 0 saturated heterocycles. The lowest BCUT2D eigenvalue weighted by atomic mass is 10.1. The summed E-state index contributed by atoms with van der Waals surface area (Å²) in [5, 5.41) is 8.76. The van der Waals surface area contributed by atoms with Crippen molar-refractivity contribution in [3.05, 3.63) is 29.3 Å². The van der Waals surface area contributed by atoms with E-state index in [1.165, 1.54) is 4.31 Å². The summed E-state index contributed by atoms with van der Waals surface area (Å²) in [6, 6.07) is 5.49. The molecule has 0 amide bonds. The number of carboxylic acids is 1. The summed E-state index contributed by atoms with van der Waals surface area (Å²) in [4.78, 5) is 10.7. The molecule has 5 nitrogen and oxygen atoms in total. The number of para-hydroxylation sites is 1. The molecule has 1 rings (SSSR count). The van der Waals surface area contributed by atoms with Crippen LogP contribution in [0.5, 0.6) is 0 Å². The summed E-state index contributed by atoms with van der Waals surface area (Å²) in [5.74, 6) is -1.07. The molecule has 1 aromatic carbocycles. The number of benzene rings is 1. The van der Waals surface area contributed by atoms with Crippen molar-refractivity contribution in [1.29, 1.82) is 0 Å². The molecule has 0 radical (unpaired) electrons. The second-order valence-corrected chi connectivity index (χ2v) is 6.54. The van der Waals surface area contributed by atoms with Crippen LogP contribution >= 0.6 is 0 Å². The standard InChI is InChI=1S/C13H19NO4S/c1-4-19(17,18)14(9-8-12(15)16)13-10(2)6-5-7-11(13)3/h5-7H,4,8-9H2,1-3H3,(H,15,16). The predicted octanol–water partition coefficient (Wildman–Crippen LogP) is 1.93. The maximum Gasteiger partial charge on any atom is 0.305 e. The molecule has 106 valence electrons. The fraction of sp³-hybridized carbons (Fsp3) is 0.462. The number of anilines is 1. The van der Waals surface area contributed by atoms with Gasteiger partial charge in [0.05, 0.1) is 17.9 Å². The van der Waals surface area contributed by atoms with Gasteiger partial charge in [0, 0.05) is 6.54 Å². The highest BCUT2D eigenvalue weighted by Gasteiger charge is 2.24. The molecule has 0 aliphatic heterocycles. The van der Waals surface area contributed by atoms with Crippen LogP contribution in [0.1, 0.15) is 24.5 Å². The minimum atomic E-state index is -3.48. The Bertz CT molecular complexity index is 546. The summed E-state index contributed by atoms with van der Waals surface area (Å²) < 4.78 is 25.5. The first-order valence-electron chi connectivity index (χ1n) is 6.08. The van der Waals surface area contributed by atoms with E-state index in [0.717, 1.165) is 11.1 Å². The van der Waals surface area contributed by atoms with Gasteiger partial charge in [0.25, 0.3) is 0 Å². The van der Waals surface area contributed by atoms with Crippen molar-refractivity contribution >= 4 is 21.7 Å². The van der Waals surface area contributed by atoms with Crippen LogP contribution in [0.15, 0.2) is 18.2 Å². The molecule has 0 spiro atoms. The smallest absolute Gasteiger partial charge is 0.305 e. The first-order chi connectivity index (χ1) is 8.79. The summed E-state index contributed by atoms with van der Waals surface area (Å²) >= 11 is 0. The zero-order valence-corrected chi connectivity index (χ0v) is 12.2. The molecule has 0 unspecified atom stereocenters. The second kappa shape index (κ2) is 6.06. The quantitative estimate of drug-likeness (QED) is 0.866. The van der Waals surface area contributed by atoms with Crippen molar-refractivity contribution in [2.45, 2.75) is 27.2 Å². The van der Waals surface area contributed by atoms with Gasteiger partial charge in [-0.15, -0.1) is 0 Å². The fourth-order valence-corrected chi connectivity index (χ4v) is 3.19. The third-order valence-electron chi connectivity index (χ3n) is 2.92. The summed E-state index contributed by atoms with van der Waals surface area (Å²) in [6.45, 7) is 5.15. The molecule has 0 fully saturated rings. The van der Waals surface area contributed by atoms with Crippen molar-refractivity contribution in [2.75, 3.05) is 16.6 Å². The van der Waals surface area contributed by atoms with Gasteiger partial charge in [-0.1, -0.05) is 18.2 Å². The van der Waals surface area contributed by atoms with Gasteiger partial charge < -0.3 is 5.11 Å². The van der Waals surface area contributed by atoms with Crippen LogP contribution in [-0.2, 0) is 14.8 Å². The molecule has 0 aliphatic carbocycles. The van der Waals surface area contributed by atoms with Gasteiger partial charge in [-0.25, -0.2) is 8.42 Å². The van der Waals surface area contributed by atoms with Crippen molar-refractivity contribution in [2.24, 2.45) is 0 Å². The molecule has 0 heterocycles. The molecule has 0 saturated carbocycles. The Morgan fingerprint density at radius 3 is 2.21 bits per heavy atom. The van der Waals surface area contributed by atoms with Gasteiger partial charge in [0.1, 0.15) is 0 Å². The van der Waals surface area contributed by atoms with Gasteiger partial charge in [-0.2, -0.15) is 0 Å². The molecule has 0 aromatic heterocycles. The number of rotatable bonds is 6. The lowest BCUT2D eigenvalue weighted by molar-refractivity contribution is -0.136. The number of nitrogens with zero attached hydrogens (tertiary/aromatic N) is 1. The SMILES string of the molecule is CCS(=O)(=O)N(CCC(=O)O)c1c(C)cccc1C. The van der Waals surface area contributed by atoms with Crippen molar-refractivity contribution in [3.63, 3.8) is 0 Å². The van der Waals surface area contributed by atoms with E-state index in [-0.39, 0.29) is 18.7 Å². The maximum absolute atomic E-state index is 12.1. The number of carbonyl (C=O) groups is 1. The molecule has 0 atom stereocenters. The van der Waals surface area contributed by atoms with E-state index in [9.17, 15) is 13.2 Å². The van der Waals surface area contributed by atoms with Crippen LogP contribution in [0.4, 0.5) is 5.69 Å². The van der Waals surface area contributed by atoms with Crippen LogP contribution < -0.4 is 4.31 Å². The highest BCUT2D eigenvalue weighted by atomic mass is 32.2. The van der Waals surface area contributed by atoms with Gasteiger partial charge >= 0.3 is 5.97 Å². The van der Waals surface area contributed by atoms with Gasteiger partial charge in [-0.3, -0.25) is 9.10 Å². The van der Waals surface area contributed by atoms with E-state index in [0.29, 0.717) is 5.69 Å². The molecule has 1 N–H and O–H groups in total. The van der Waals surface area contributed by atoms with Crippen molar-refractivity contribution < 1.29 is 18.3 Å². The molecular weight excluding hydrogens is 266 g/mol. The number of carboxylic acid groups (broad SMARTS) is 1. The Labute approximate surface area is 113 Å². The predicted molar refractivity (Wildman–Crippen MR) is 75.0 cm³/mol. The normalized spacial score (nSPS) is 11.3. The largest absolute Gasteiger partial charge is 0.481 e. The number of aliphatic carboxylic acids is 1. The van der Waals surface area contributed by atoms with Crippen LogP contribution in [-0.4, -0.2) is 31.8 Å².